The number of hydrogen-bond acceptors (Lipinski definition) is 2. The minimum Gasteiger partial charge on any atom is -0.396 e. The van der Waals surface area contributed by atoms with Crippen molar-refractivity contribution in [1.29, 1.82) is 0 Å². The van der Waals surface area contributed by atoms with Crippen LogP contribution in [0, 0.1) is 20.8 Å². The van der Waals surface area contributed by atoms with Gasteiger partial charge in [0.25, 0.3) is 0 Å². The van der Waals surface area contributed by atoms with Crippen molar-refractivity contribution in [1.82, 2.24) is 0 Å². The van der Waals surface area contributed by atoms with Crippen LogP contribution in [0.2, 0.25) is 0 Å². The summed E-state index contributed by atoms with van der Waals surface area (Å²) >= 11 is 0. The molecule has 3 N–H and O–H groups in total. The third-order valence-corrected chi connectivity index (χ3v) is 3.54. The molecule has 2 unspecified atom stereocenters. The standard InChI is InChI=1S/C15H25NO/c1-5-14(16)13(6-7-17)15-11(3)8-10(2)9-12(15)4/h8-9,13-14,17H,5-7,16H2,1-4H3. The third kappa shape index (κ3) is 3.30. The lowest BCUT2D eigenvalue weighted by molar-refractivity contribution is 0.265. The molecule has 0 amide bonds. The van der Waals surface area contributed by atoms with Crippen molar-refractivity contribution in [3.8, 4) is 0 Å². The Kier molecular flexibility index (Phi) is 5.16. The molecule has 0 spiro atoms. The number of benzene rings is 1. The van der Waals surface area contributed by atoms with E-state index in [1.165, 1.54) is 22.3 Å². The zero-order valence-electron chi connectivity index (χ0n) is 11.5. The molecule has 0 radical (unpaired) electrons. The number of rotatable bonds is 5. The number of aryl methyl sites for hydroxylation is 3. The molecule has 2 nitrogen and oxygen atoms in total. The lowest BCUT2D eigenvalue weighted by atomic mass is 9.82. The van der Waals surface area contributed by atoms with Gasteiger partial charge in [-0.25, -0.2) is 0 Å². The highest BCUT2D eigenvalue weighted by molar-refractivity contribution is 5.40. The Balaban J connectivity index is 3.18. The van der Waals surface area contributed by atoms with Gasteiger partial charge in [0.05, 0.1) is 0 Å². The van der Waals surface area contributed by atoms with E-state index in [9.17, 15) is 5.11 Å². The molecule has 0 aromatic heterocycles. The average molecular weight is 235 g/mol. The molecular weight excluding hydrogens is 210 g/mol. The molecule has 0 saturated heterocycles. The highest BCUT2D eigenvalue weighted by Crippen LogP contribution is 2.30. The molecule has 0 heterocycles. The third-order valence-electron chi connectivity index (χ3n) is 3.54. The minimum atomic E-state index is 0.127. The Labute approximate surface area is 105 Å². The average Bonchev–Trinajstić information content (AvgIpc) is 2.25. The fourth-order valence-electron chi connectivity index (χ4n) is 2.77. The summed E-state index contributed by atoms with van der Waals surface area (Å²) in [6, 6.07) is 4.53. The Morgan fingerprint density at radius 3 is 2.12 bits per heavy atom. The number of aliphatic hydroxyl groups excluding tert-OH is 1. The van der Waals surface area contributed by atoms with Crippen molar-refractivity contribution in [2.45, 2.75) is 52.5 Å². The highest BCUT2D eigenvalue weighted by Gasteiger charge is 2.21. The molecule has 96 valence electrons. The van der Waals surface area contributed by atoms with E-state index in [1.807, 2.05) is 0 Å². The van der Waals surface area contributed by atoms with Gasteiger partial charge in [0.1, 0.15) is 0 Å². The predicted octanol–water partition coefficient (Wildman–Crippen LogP) is 2.82. The van der Waals surface area contributed by atoms with Gasteiger partial charge in [0.2, 0.25) is 0 Å². The van der Waals surface area contributed by atoms with Crippen LogP contribution in [0.3, 0.4) is 0 Å². The maximum atomic E-state index is 9.22. The summed E-state index contributed by atoms with van der Waals surface area (Å²) < 4.78 is 0. The summed E-state index contributed by atoms with van der Waals surface area (Å²) in [4.78, 5) is 0. The van der Waals surface area contributed by atoms with Gasteiger partial charge in [0.15, 0.2) is 0 Å². The van der Waals surface area contributed by atoms with Crippen molar-refractivity contribution in [3.05, 3.63) is 34.4 Å². The van der Waals surface area contributed by atoms with Crippen LogP contribution in [0.15, 0.2) is 12.1 Å². The van der Waals surface area contributed by atoms with Crippen molar-refractivity contribution in [2.24, 2.45) is 5.73 Å². The van der Waals surface area contributed by atoms with Crippen LogP contribution in [-0.4, -0.2) is 17.8 Å². The molecule has 0 aliphatic rings. The lowest BCUT2D eigenvalue weighted by Crippen LogP contribution is -2.29. The molecule has 1 rings (SSSR count). The topological polar surface area (TPSA) is 46.2 Å². The van der Waals surface area contributed by atoms with E-state index >= 15 is 0 Å². The molecule has 0 aliphatic heterocycles. The van der Waals surface area contributed by atoms with Gasteiger partial charge in [-0.2, -0.15) is 0 Å². The number of hydrogen-bond donors (Lipinski definition) is 2. The monoisotopic (exact) mass is 235 g/mol. The zero-order valence-corrected chi connectivity index (χ0v) is 11.5. The molecule has 0 aliphatic carbocycles. The molecule has 17 heavy (non-hydrogen) atoms. The van der Waals surface area contributed by atoms with E-state index in [0.29, 0.717) is 0 Å². The maximum Gasteiger partial charge on any atom is 0.0437 e. The second-order valence-electron chi connectivity index (χ2n) is 5.00. The normalized spacial score (nSPS) is 14.7. The summed E-state index contributed by atoms with van der Waals surface area (Å²) in [5.74, 6) is 0.269. The van der Waals surface area contributed by atoms with Crippen LogP contribution in [0.1, 0.15) is 47.9 Å². The van der Waals surface area contributed by atoms with E-state index in [-0.39, 0.29) is 18.6 Å². The molecule has 0 saturated carbocycles. The predicted molar refractivity (Wildman–Crippen MR) is 73.4 cm³/mol. The Morgan fingerprint density at radius 1 is 1.18 bits per heavy atom. The van der Waals surface area contributed by atoms with Crippen molar-refractivity contribution in [2.75, 3.05) is 6.61 Å². The first-order valence-corrected chi connectivity index (χ1v) is 6.45. The fraction of sp³-hybridized carbons (Fsp3) is 0.600. The van der Waals surface area contributed by atoms with Gasteiger partial charge >= 0.3 is 0 Å². The Hall–Kier alpha value is -0.860. The van der Waals surface area contributed by atoms with Gasteiger partial charge in [-0.1, -0.05) is 24.6 Å². The number of nitrogens with two attached hydrogens (primary N) is 1. The van der Waals surface area contributed by atoms with E-state index in [2.05, 4.69) is 39.8 Å². The minimum absolute atomic E-state index is 0.127. The molecule has 2 heteroatoms. The summed E-state index contributed by atoms with van der Waals surface area (Å²) in [5, 5.41) is 9.22. The van der Waals surface area contributed by atoms with Gasteiger partial charge in [0, 0.05) is 18.6 Å². The number of aliphatic hydroxyl groups is 1. The first-order chi connectivity index (χ1) is 8.01. The summed E-state index contributed by atoms with van der Waals surface area (Å²) in [6.07, 6.45) is 1.69. The second kappa shape index (κ2) is 6.18. The van der Waals surface area contributed by atoms with Gasteiger partial charge in [-0.15, -0.1) is 0 Å². The van der Waals surface area contributed by atoms with Crippen molar-refractivity contribution >= 4 is 0 Å². The molecule has 0 fully saturated rings. The molecule has 2 atom stereocenters. The smallest absolute Gasteiger partial charge is 0.0437 e. The second-order valence-corrected chi connectivity index (χ2v) is 5.00. The Bertz CT molecular complexity index is 350. The van der Waals surface area contributed by atoms with Gasteiger partial charge in [-0.3, -0.25) is 0 Å². The quantitative estimate of drug-likeness (QED) is 0.824. The van der Waals surface area contributed by atoms with Crippen LogP contribution in [0.5, 0.6) is 0 Å². The van der Waals surface area contributed by atoms with Gasteiger partial charge < -0.3 is 10.8 Å². The zero-order chi connectivity index (χ0) is 13.0. The first-order valence-electron chi connectivity index (χ1n) is 6.45. The molecular formula is C15H25NO. The fourth-order valence-corrected chi connectivity index (χ4v) is 2.77. The maximum absolute atomic E-state index is 9.22. The SMILES string of the molecule is CCC(N)C(CCO)c1c(C)cc(C)cc1C. The van der Waals surface area contributed by atoms with Gasteiger partial charge in [-0.05, 0) is 50.3 Å². The van der Waals surface area contributed by atoms with Crippen molar-refractivity contribution < 1.29 is 5.11 Å². The lowest BCUT2D eigenvalue weighted by Gasteiger charge is -2.26. The summed E-state index contributed by atoms with van der Waals surface area (Å²) in [6.45, 7) is 8.70. The van der Waals surface area contributed by atoms with Crippen LogP contribution in [-0.2, 0) is 0 Å². The van der Waals surface area contributed by atoms with Crippen LogP contribution < -0.4 is 5.73 Å². The summed E-state index contributed by atoms with van der Waals surface area (Å²) in [7, 11) is 0. The van der Waals surface area contributed by atoms with Crippen LogP contribution in [0.25, 0.3) is 0 Å². The highest BCUT2D eigenvalue weighted by atomic mass is 16.3. The van der Waals surface area contributed by atoms with E-state index in [1.54, 1.807) is 0 Å². The van der Waals surface area contributed by atoms with Crippen LogP contribution in [0.4, 0.5) is 0 Å². The molecule has 1 aromatic rings. The first kappa shape index (κ1) is 14.2. The summed E-state index contributed by atoms with van der Waals surface area (Å²) in [5.41, 5.74) is 11.4. The Morgan fingerprint density at radius 2 is 1.71 bits per heavy atom. The van der Waals surface area contributed by atoms with E-state index in [0.717, 1.165) is 12.8 Å². The largest absolute Gasteiger partial charge is 0.396 e. The molecule has 1 aromatic carbocycles. The van der Waals surface area contributed by atoms with Crippen LogP contribution >= 0.6 is 0 Å². The van der Waals surface area contributed by atoms with E-state index in [4.69, 9.17) is 5.73 Å². The van der Waals surface area contributed by atoms with E-state index < -0.39 is 0 Å². The molecule has 0 bridgehead atoms. The van der Waals surface area contributed by atoms with Crippen molar-refractivity contribution in [3.63, 3.8) is 0 Å².